The van der Waals surface area contributed by atoms with Gasteiger partial charge in [0.15, 0.2) is 11.6 Å². The van der Waals surface area contributed by atoms with Crippen molar-refractivity contribution in [2.45, 2.75) is 26.7 Å². The normalized spacial score (nSPS) is 10.4. The number of pyridine rings is 1. The standard InChI is InChI=1S/C21H20ClN5O2/c1-14-10-17(11-15(2)20(14)22)29-9-5-7-19(28)26-21-16(12-23)13-25-27(21)18-6-3-4-8-24-18/h3-4,6,8,10-11,13H,5,7,9H2,1-2H3,(H,26,28). The predicted molar refractivity (Wildman–Crippen MR) is 110 cm³/mol. The Balaban J connectivity index is 1.58. The van der Waals surface area contributed by atoms with Gasteiger partial charge in [0.05, 0.1) is 12.8 Å². The number of ether oxygens (including phenoxy) is 1. The fourth-order valence-corrected chi connectivity index (χ4v) is 2.92. The molecule has 0 bridgehead atoms. The van der Waals surface area contributed by atoms with E-state index in [2.05, 4.69) is 15.4 Å². The van der Waals surface area contributed by atoms with E-state index in [4.69, 9.17) is 16.3 Å². The van der Waals surface area contributed by atoms with Crippen molar-refractivity contribution in [1.29, 1.82) is 5.26 Å². The second-order valence-electron chi connectivity index (χ2n) is 6.49. The Morgan fingerprint density at radius 2 is 2.07 bits per heavy atom. The molecule has 0 saturated carbocycles. The third-order valence-electron chi connectivity index (χ3n) is 4.24. The Bertz CT molecular complexity index is 1030. The number of rotatable bonds is 7. The number of benzene rings is 1. The summed E-state index contributed by atoms with van der Waals surface area (Å²) in [4.78, 5) is 16.6. The van der Waals surface area contributed by atoms with E-state index in [-0.39, 0.29) is 17.9 Å². The summed E-state index contributed by atoms with van der Waals surface area (Å²) in [5.74, 6) is 1.32. The summed E-state index contributed by atoms with van der Waals surface area (Å²) in [6.45, 7) is 4.23. The third kappa shape index (κ3) is 4.92. The average molecular weight is 410 g/mol. The molecular weight excluding hydrogens is 390 g/mol. The first-order valence-electron chi connectivity index (χ1n) is 9.08. The number of anilines is 1. The Labute approximate surface area is 173 Å². The lowest BCUT2D eigenvalue weighted by Crippen LogP contribution is -2.17. The number of hydrogen-bond acceptors (Lipinski definition) is 5. The zero-order valence-electron chi connectivity index (χ0n) is 16.1. The van der Waals surface area contributed by atoms with Gasteiger partial charge >= 0.3 is 0 Å². The number of aryl methyl sites for hydroxylation is 2. The van der Waals surface area contributed by atoms with Crippen LogP contribution in [0.2, 0.25) is 5.02 Å². The van der Waals surface area contributed by atoms with Gasteiger partial charge in [-0.15, -0.1) is 0 Å². The van der Waals surface area contributed by atoms with Crippen molar-refractivity contribution < 1.29 is 9.53 Å². The van der Waals surface area contributed by atoms with Crippen LogP contribution in [0.1, 0.15) is 29.5 Å². The van der Waals surface area contributed by atoms with Crippen LogP contribution < -0.4 is 10.1 Å². The smallest absolute Gasteiger partial charge is 0.225 e. The van der Waals surface area contributed by atoms with Gasteiger partial charge in [-0.05, 0) is 55.7 Å². The minimum atomic E-state index is -0.230. The fraction of sp³-hybridized carbons (Fsp3) is 0.238. The van der Waals surface area contributed by atoms with Crippen LogP contribution in [0, 0.1) is 25.2 Å². The zero-order chi connectivity index (χ0) is 20.8. The lowest BCUT2D eigenvalue weighted by molar-refractivity contribution is -0.116. The Hall–Kier alpha value is -3.37. The number of carbonyl (C=O) groups excluding carboxylic acids is 1. The topological polar surface area (TPSA) is 92.8 Å². The Morgan fingerprint density at radius 3 is 2.72 bits per heavy atom. The number of halogens is 1. The van der Waals surface area contributed by atoms with Gasteiger partial charge in [-0.1, -0.05) is 17.7 Å². The Morgan fingerprint density at radius 1 is 1.31 bits per heavy atom. The maximum atomic E-state index is 12.4. The summed E-state index contributed by atoms with van der Waals surface area (Å²) >= 11 is 6.16. The van der Waals surface area contributed by atoms with E-state index < -0.39 is 0 Å². The predicted octanol–water partition coefficient (Wildman–Crippen LogP) is 4.21. The molecule has 3 aromatic rings. The van der Waals surface area contributed by atoms with E-state index in [0.29, 0.717) is 24.7 Å². The summed E-state index contributed by atoms with van der Waals surface area (Å²) < 4.78 is 7.16. The van der Waals surface area contributed by atoms with Gasteiger partial charge in [-0.2, -0.15) is 15.0 Å². The molecule has 3 rings (SSSR count). The molecule has 0 aliphatic carbocycles. The van der Waals surface area contributed by atoms with Crippen molar-refractivity contribution in [2.75, 3.05) is 11.9 Å². The van der Waals surface area contributed by atoms with Crippen LogP contribution in [0.25, 0.3) is 5.82 Å². The molecule has 0 fully saturated rings. The molecule has 2 aromatic heterocycles. The number of nitrogens with one attached hydrogen (secondary N) is 1. The van der Waals surface area contributed by atoms with E-state index in [9.17, 15) is 10.1 Å². The van der Waals surface area contributed by atoms with Crippen LogP contribution >= 0.6 is 11.6 Å². The molecule has 0 aliphatic heterocycles. The van der Waals surface area contributed by atoms with Crippen LogP contribution in [-0.2, 0) is 4.79 Å². The molecular formula is C21H20ClN5O2. The number of hydrogen-bond donors (Lipinski definition) is 1. The third-order valence-corrected chi connectivity index (χ3v) is 4.84. The maximum Gasteiger partial charge on any atom is 0.225 e. The number of aromatic nitrogens is 3. The number of nitriles is 1. The van der Waals surface area contributed by atoms with Crippen molar-refractivity contribution in [3.05, 3.63) is 64.4 Å². The first-order chi connectivity index (χ1) is 14.0. The minimum Gasteiger partial charge on any atom is -0.494 e. The van der Waals surface area contributed by atoms with E-state index in [1.54, 1.807) is 24.4 Å². The molecule has 1 N–H and O–H groups in total. The number of carbonyl (C=O) groups is 1. The monoisotopic (exact) mass is 409 g/mol. The van der Waals surface area contributed by atoms with Crippen LogP contribution in [-0.4, -0.2) is 27.3 Å². The molecule has 7 nitrogen and oxygen atoms in total. The second-order valence-corrected chi connectivity index (χ2v) is 6.87. The van der Waals surface area contributed by atoms with Gasteiger partial charge in [-0.25, -0.2) is 4.98 Å². The highest BCUT2D eigenvalue weighted by atomic mass is 35.5. The molecule has 2 heterocycles. The molecule has 0 spiro atoms. The molecule has 0 aliphatic rings. The fourth-order valence-electron chi connectivity index (χ4n) is 2.81. The van der Waals surface area contributed by atoms with Gasteiger partial charge in [0.25, 0.3) is 0 Å². The average Bonchev–Trinajstić information content (AvgIpc) is 3.12. The van der Waals surface area contributed by atoms with E-state index in [1.165, 1.54) is 10.9 Å². The van der Waals surface area contributed by atoms with E-state index in [1.807, 2.05) is 32.0 Å². The van der Waals surface area contributed by atoms with Crippen molar-refractivity contribution in [1.82, 2.24) is 14.8 Å². The van der Waals surface area contributed by atoms with Gasteiger partial charge in [0.2, 0.25) is 5.91 Å². The zero-order valence-corrected chi connectivity index (χ0v) is 16.9. The molecule has 1 amide bonds. The van der Waals surface area contributed by atoms with Crippen LogP contribution in [0.3, 0.4) is 0 Å². The summed E-state index contributed by atoms with van der Waals surface area (Å²) in [6.07, 6.45) is 3.78. The van der Waals surface area contributed by atoms with Crippen molar-refractivity contribution in [2.24, 2.45) is 0 Å². The molecule has 0 atom stereocenters. The van der Waals surface area contributed by atoms with Gasteiger partial charge < -0.3 is 10.1 Å². The lowest BCUT2D eigenvalue weighted by atomic mass is 10.1. The van der Waals surface area contributed by atoms with E-state index >= 15 is 0 Å². The van der Waals surface area contributed by atoms with Crippen LogP contribution in [0.15, 0.2) is 42.7 Å². The minimum absolute atomic E-state index is 0.230. The van der Waals surface area contributed by atoms with Crippen LogP contribution in [0.4, 0.5) is 5.82 Å². The highest BCUT2D eigenvalue weighted by Crippen LogP contribution is 2.26. The van der Waals surface area contributed by atoms with Gasteiger partial charge in [-0.3, -0.25) is 4.79 Å². The molecule has 0 radical (unpaired) electrons. The Kier molecular flexibility index (Phi) is 6.47. The van der Waals surface area contributed by atoms with Crippen LogP contribution in [0.5, 0.6) is 5.75 Å². The largest absolute Gasteiger partial charge is 0.494 e. The first-order valence-corrected chi connectivity index (χ1v) is 9.46. The van der Waals surface area contributed by atoms with Crippen molar-refractivity contribution >= 4 is 23.3 Å². The molecule has 29 heavy (non-hydrogen) atoms. The maximum absolute atomic E-state index is 12.4. The van der Waals surface area contributed by atoms with Crippen molar-refractivity contribution in [3.8, 4) is 17.6 Å². The highest BCUT2D eigenvalue weighted by Gasteiger charge is 2.15. The summed E-state index contributed by atoms with van der Waals surface area (Å²) in [7, 11) is 0. The summed E-state index contributed by atoms with van der Waals surface area (Å²) in [5.41, 5.74) is 2.17. The molecule has 0 saturated heterocycles. The molecule has 8 heteroatoms. The number of nitrogens with zero attached hydrogens (tertiary/aromatic N) is 4. The molecule has 1 aromatic carbocycles. The summed E-state index contributed by atoms with van der Waals surface area (Å²) in [5, 5.41) is 16.9. The second kappa shape index (κ2) is 9.22. The van der Waals surface area contributed by atoms with Gasteiger partial charge in [0, 0.05) is 17.6 Å². The SMILES string of the molecule is Cc1cc(OCCCC(=O)Nc2c(C#N)cnn2-c2ccccn2)cc(C)c1Cl. The molecule has 148 valence electrons. The molecule has 0 unspecified atom stereocenters. The quantitative estimate of drug-likeness (QED) is 0.590. The lowest BCUT2D eigenvalue weighted by Gasteiger charge is -2.11. The summed E-state index contributed by atoms with van der Waals surface area (Å²) in [6, 6.07) is 11.1. The number of amides is 1. The van der Waals surface area contributed by atoms with Crippen molar-refractivity contribution in [3.63, 3.8) is 0 Å². The first kappa shape index (κ1) is 20.4. The van der Waals surface area contributed by atoms with E-state index in [0.717, 1.165) is 21.9 Å². The van der Waals surface area contributed by atoms with Gasteiger partial charge in [0.1, 0.15) is 17.4 Å². The highest BCUT2D eigenvalue weighted by molar-refractivity contribution is 6.32.